The van der Waals surface area contributed by atoms with Crippen molar-refractivity contribution in [2.75, 3.05) is 9.80 Å². The number of allylic oxidation sites excluding steroid dienone is 12. The second-order valence-corrected chi connectivity index (χ2v) is 16.4. The molecule has 2 heteroatoms. The molecule has 0 amide bonds. The molecule has 4 aromatic carbocycles. The topological polar surface area (TPSA) is 6.48 Å². The van der Waals surface area contributed by atoms with Crippen molar-refractivity contribution in [1.29, 1.82) is 0 Å². The van der Waals surface area contributed by atoms with Crippen LogP contribution in [-0.4, -0.2) is 12.1 Å². The maximum atomic E-state index is 2.64. The Labute approximate surface area is 326 Å². The average Bonchev–Trinajstić information content (AvgIpc) is 3.53. The molecule has 0 bridgehead atoms. The van der Waals surface area contributed by atoms with Gasteiger partial charge in [0.25, 0.3) is 0 Å². The summed E-state index contributed by atoms with van der Waals surface area (Å²) in [5, 5.41) is 0. The van der Waals surface area contributed by atoms with Gasteiger partial charge in [-0.25, -0.2) is 0 Å². The zero-order chi connectivity index (χ0) is 37.1. The summed E-state index contributed by atoms with van der Waals surface area (Å²) in [5.41, 5.74) is 17.5. The first-order chi connectivity index (χ1) is 27.0. The van der Waals surface area contributed by atoms with Crippen LogP contribution in [0, 0.1) is 11.8 Å². The minimum Gasteiger partial charge on any atom is -0.338 e. The van der Waals surface area contributed by atoms with Gasteiger partial charge in [-0.2, -0.15) is 0 Å². The van der Waals surface area contributed by atoms with E-state index in [4.69, 9.17) is 0 Å². The minimum absolute atomic E-state index is 0.0366. The Balaban J connectivity index is 0.966. The molecule has 6 aliphatic rings. The van der Waals surface area contributed by atoms with Crippen LogP contribution in [0.15, 0.2) is 204 Å². The Morgan fingerprint density at radius 1 is 0.691 bits per heavy atom. The van der Waals surface area contributed by atoms with E-state index >= 15 is 0 Å². The van der Waals surface area contributed by atoms with Crippen LogP contribution in [0.1, 0.15) is 51.2 Å². The van der Waals surface area contributed by atoms with E-state index < -0.39 is 0 Å². The summed E-state index contributed by atoms with van der Waals surface area (Å²) >= 11 is 0. The van der Waals surface area contributed by atoms with Gasteiger partial charge in [0.1, 0.15) is 0 Å². The number of hydrogen-bond acceptors (Lipinski definition) is 2. The highest BCUT2D eigenvalue weighted by molar-refractivity contribution is 5.83. The first-order valence-electron chi connectivity index (χ1n) is 20.2. The third-order valence-electron chi connectivity index (χ3n) is 12.8. The van der Waals surface area contributed by atoms with Crippen LogP contribution >= 0.6 is 0 Å². The molecule has 0 aromatic heterocycles. The number of rotatable bonds is 6. The molecule has 4 atom stereocenters. The van der Waals surface area contributed by atoms with Gasteiger partial charge in [0, 0.05) is 40.5 Å². The molecule has 2 nitrogen and oxygen atoms in total. The smallest absolute Gasteiger partial charge is 0.0626 e. The first-order valence-corrected chi connectivity index (χ1v) is 20.2. The lowest BCUT2D eigenvalue weighted by atomic mass is 9.82. The fraction of sp³-hybridized carbons (Fsp3) is 0.208. The Hall–Kier alpha value is -5.86. The highest BCUT2D eigenvalue weighted by Gasteiger charge is 2.39. The van der Waals surface area contributed by atoms with Crippen LogP contribution in [0.25, 0.3) is 22.3 Å². The Morgan fingerprint density at radius 2 is 1.47 bits per heavy atom. The largest absolute Gasteiger partial charge is 0.338 e. The predicted octanol–water partition coefficient (Wildman–Crippen LogP) is 13.0. The third-order valence-corrected chi connectivity index (χ3v) is 12.8. The summed E-state index contributed by atoms with van der Waals surface area (Å²) in [4.78, 5) is 5.22. The summed E-state index contributed by atoms with van der Waals surface area (Å²) in [6.45, 7) is 7.14. The highest BCUT2D eigenvalue weighted by Crippen LogP contribution is 2.50. The molecule has 1 heterocycles. The summed E-state index contributed by atoms with van der Waals surface area (Å²) in [7, 11) is 0. The Kier molecular flexibility index (Phi) is 8.25. The zero-order valence-electron chi connectivity index (χ0n) is 32.1. The molecule has 0 saturated heterocycles. The molecule has 0 saturated carbocycles. The summed E-state index contributed by atoms with van der Waals surface area (Å²) < 4.78 is 0. The Bertz CT molecular complexity index is 2460. The van der Waals surface area contributed by atoms with Crippen LogP contribution in [0.4, 0.5) is 11.4 Å². The third kappa shape index (κ3) is 5.70. The molecule has 4 aromatic rings. The fourth-order valence-electron chi connectivity index (χ4n) is 9.94. The number of hydrogen-bond donors (Lipinski definition) is 0. The van der Waals surface area contributed by atoms with Gasteiger partial charge in [0.15, 0.2) is 0 Å². The molecular weight excluding hydrogens is 665 g/mol. The van der Waals surface area contributed by atoms with Crippen molar-refractivity contribution >= 4 is 11.4 Å². The molecule has 4 unspecified atom stereocenters. The molecule has 0 spiro atoms. The highest BCUT2D eigenvalue weighted by atomic mass is 15.2. The predicted molar refractivity (Wildman–Crippen MR) is 232 cm³/mol. The summed E-state index contributed by atoms with van der Waals surface area (Å²) in [5.74, 6) is 0.772. The van der Waals surface area contributed by atoms with E-state index in [1.807, 2.05) is 0 Å². The van der Waals surface area contributed by atoms with Gasteiger partial charge in [-0.15, -0.1) is 0 Å². The van der Waals surface area contributed by atoms with Gasteiger partial charge in [0.2, 0.25) is 0 Å². The number of anilines is 2. The van der Waals surface area contributed by atoms with E-state index in [1.165, 1.54) is 72.9 Å². The van der Waals surface area contributed by atoms with Crippen LogP contribution in [0.3, 0.4) is 0 Å². The quantitative estimate of drug-likeness (QED) is 0.196. The van der Waals surface area contributed by atoms with E-state index in [1.54, 1.807) is 0 Å². The lowest BCUT2D eigenvalue weighted by Crippen LogP contribution is -2.36. The first kappa shape index (κ1) is 33.7. The average molecular weight is 713 g/mol. The molecule has 0 radical (unpaired) electrons. The minimum atomic E-state index is -0.0366. The van der Waals surface area contributed by atoms with Crippen molar-refractivity contribution in [3.05, 3.63) is 215 Å². The van der Waals surface area contributed by atoms with Crippen molar-refractivity contribution in [3.8, 4) is 22.3 Å². The van der Waals surface area contributed by atoms with Gasteiger partial charge in [-0.3, -0.25) is 0 Å². The van der Waals surface area contributed by atoms with Crippen molar-refractivity contribution in [2.45, 2.75) is 57.5 Å². The lowest BCUT2D eigenvalue weighted by molar-refractivity contribution is 0.612. The molecule has 5 aliphatic carbocycles. The van der Waals surface area contributed by atoms with Crippen LogP contribution in [-0.2, 0) is 5.41 Å². The van der Waals surface area contributed by atoms with Crippen molar-refractivity contribution in [1.82, 2.24) is 0 Å². The van der Waals surface area contributed by atoms with E-state index in [2.05, 4.69) is 207 Å². The van der Waals surface area contributed by atoms with Gasteiger partial charge < -0.3 is 9.80 Å². The van der Waals surface area contributed by atoms with Gasteiger partial charge in [-0.05, 0) is 105 Å². The van der Waals surface area contributed by atoms with Crippen LogP contribution < -0.4 is 9.80 Å². The summed E-state index contributed by atoms with van der Waals surface area (Å²) in [6, 6.07) is 36.5. The number of fused-ring (bicyclic) bond motifs is 5. The maximum absolute atomic E-state index is 2.64. The lowest BCUT2D eigenvalue weighted by Gasteiger charge is -2.38. The molecule has 55 heavy (non-hydrogen) atoms. The zero-order valence-corrected chi connectivity index (χ0v) is 32.1. The van der Waals surface area contributed by atoms with E-state index in [0.29, 0.717) is 11.8 Å². The number of nitrogens with zero attached hydrogens (tertiary/aromatic N) is 2. The SMILES string of the molecule is CC1CC=CC=C1N(c1ccc2c(c1)C(C)(C)c1ccccc1-2)C1C=CC(C2=CC3=C(CC=C2)N(c2ccc(-c4ccccc4)cc2)C2C=CC=CC32)=CC1. The van der Waals surface area contributed by atoms with E-state index in [0.717, 1.165) is 19.3 Å². The molecule has 0 fully saturated rings. The standard InChI is InChI=1S/C53H48N2/c1-36-14-7-11-21-50(36)54(43-32-33-45-44-18-8-10-20-48(44)53(2,3)49(45)35-43)41-28-26-39(27-29-41)40-17-13-23-52-47(34-40)46-19-9-12-22-51(46)55(52)42-30-24-38(25-31-42)37-15-5-4-6-16-37/h4-13,15-22,24-28,30-36,41,46,51H,14,23,29H2,1-3H3. The molecule has 10 rings (SSSR count). The Morgan fingerprint density at radius 3 is 2.29 bits per heavy atom. The molecule has 1 aliphatic heterocycles. The molecular formula is C53H48N2. The van der Waals surface area contributed by atoms with Gasteiger partial charge in [0.05, 0.1) is 12.1 Å². The van der Waals surface area contributed by atoms with Crippen LogP contribution in [0.5, 0.6) is 0 Å². The maximum Gasteiger partial charge on any atom is 0.0626 e. The van der Waals surface area contributed by atoms with Crippen molar-refractivity contribution in [2.24, 2.45) is 11.8 Å². The van der Waals surface area contributed by atoms with E-state index in [9.17, 15) is 0 Å². The van der Waals surface area contributed by atoms with Gasteiger partial charge in [-0.1, -0.05) is 160 Å². The van der Waals surface area contributed by atoms with Gasteiger partial charge >= 0.3 is 0 Å². The fourth-order valence-corrected chi connectivity index (χ4v) is 9.94. The van der Waals surface area contributed by atoms with E-state index in [-0.39, 0.29) is 17.5 Å². The molecule has 0 N–H and O–H groups in total. The van der Waals surface area contributed by atoms with Crippen LogP contribution in [0.2, 0.25) is 0 Å². The van der Waals surface area contributed by atoms with Crippen molar-refractivity contribution in [3.63, 3.8) is 0 Å². The molecule has 270 valence electrons. The monoisotopic (exact) mass is 712 g/mol. The van der Waals surface area contributed by atoms with Crippen molar-refractivity contribution < 1.29 is 0 Å². The second-order valence-electron chi connectivity index (χ2n) is 16.4. The summed E-state index contributed by atoms with van der Waals surface area (Å²) in [6.07, 6.45) is 33.6. The number of benzene rings is 4. The second kappa shape index (κ2) is 13.5. The normalized spacial score (nSPS) is 24.1.